The van der Waals surface area contributed by atoms with E-state index in [0.717, 1.165) is 12.8 Å². The first-order chi connectivity index (χ1) is 6.88. The van der Waals surface area contributed by atoms with E-state index in [1.54, 1.807) is 13.8 Å². The van der Waals surface area contributed by atoms with Gasteiger partial charge in [-0.05, 0) is 32.6 Å². The molecule has 1 unspecified atom stereocenters. The van der Waals surface area contributed by atoms with Crippen LogP contribution in [0, 0.1) is 11.3 Å². The molecule has 0 aliphatic heterocycles. The molecule has 1 amide bonds. The first-order valence-corrected chi connectivity index (χ1v) is 5.12. The largest absolute Gasteiger partial charge is 0.480 e. The lowest BCUT2D eigenvalue weighted by molar-refractivity contribution is -0.144. The summed E-state index contributed by atoms with van der Waals surface area (Å²) in [6, 6.07) is -0.747. The molecule has 0 spiro atoms. The Morgan fingerprint density at radius 3 is 2.40 bits per heavy atom. The van der Waals surface area contributed by atoms with Gasteiger partial charge in [-0.3, -0.25) is 4.79 Å². The van der Waals surface area contributed by atoms with Crippen LogP contribution in [0.3, 0.4) is 0 Å². The van der Waals surface area contributed by atoms with Crippen LogP contribution in [0.1, 0.15) is 26.7 Å². The quantitative estimate of drug-likeness (QED) is 0.598. The van der Waals surface area contributed by atoms with E-state index in [-0.39, 0.29) is 18.4 Å². The van der Waals surface area contributed by atoms with Crippen molar-refractivity contribution >= 4 is 11.9 Å². The summed E-state index contributed by atoms with van der Waals surface area (Å²) in [5, 5.41) is 11.5. The number of amides is 1. The van der Waals surface area contributed by atoms with Gasteiger partial charge < -0.3 is 16.2 Å². The van der Waals surface area contributed by atoms with Gasteiger partial charge in [0.15, 0.2) is 0 Å². The summed E-state index contributed by atoms with van der Waals surface area (Å²) < 4.78 is 0. The lowest BCUT2D eigenvalue weighted by Crippen LogP contribution is -2.49. The van der Waals surface area contributed by atoms with Crippen molar-refractivity contribution in [2.75, 3.05) is 6.54 Å². The van der Waals surface area contributed by atoms with E-state index < -0.39 is 17.4 Å². The fourth-order valence-corrected chi connectivity index (χ4v) is 1.24. The summed E-state index contributed by atoms with van der Waals surface area (Å²) >= 11 is 0. The molecule has 0 bridgehead atoms. The number of nitrogens with one attached hydrogen (secondary N) is 1. The Morgan fingerprint density at radius 2 is 2.07 bits per heavy atom. The van der Waals surface area contributed by atoms with Gasteiger partial charge in [0, 0.05) is 6.54 Å². The Kier molecular flexibility index (Phi) is 3.34. The number of carbonyl (C=O) groups excluding carboxylic acids is 1. The highest BCUT2D eigenvalue weighted by atomic mass is 16.4. The van der Waals surface area contributed by atoms with E-state index >= 15 is 0 Å². The molecule has 4 N–H and O–H groups in total. The number of nitrogens with two attached hydrogens (primary N) is 1. The maximum Gasteiger partial charge on any atom is 0.326 e. The summed E-state index contributed by atoms with van der Waals surface area (Å²) in [4.78, 5) is 22.6. The van der Waals surface area contributed by atoms with Crippen molar-refractivity contribution in [1.82, 2.24) is 5.32 Å². The molecule has 1 aliphatic rings. The number of carboxylic acid groups (broad SMARTS) is 1. The first kappa shape index (κ1) is 12.0. The SMILES string of the molecule is CC(C)(CN)C(=O)NC(C(=O)O)C1CC1. The number of carbonyl (C=O) groups is 2. The number of aliphatic carboxylic acids is 1. The van der Waals surface area contributed by atoms with Crippen molar-refractivity contribution in [2.45, 2.75) is 32.7 Å². The smallest absolute Gasteiger partial charge is 0.326 e. The van der Waals surface area contributed by atoms with Crippen molar-refractivity contribution in [3.05, 3.63) is 0 Å². The van der Waals surface area contributed by atoms with E-state index in [1.165, 1.54) is 0 Å². The van der Waals surface area contributed by atoms with Gasteiger partial charge in [-0.25, -0.2) is 4.79 Å². The minimum absolute atomic E-state index is 0.0972. The Hall–Kier alpha value is -1.10. The predicted octanol–water partition coefficient (Wildman–Crippen LogP) is -0.0493. The van der Waals surface area contributed by atoms with Gasteiger partial charge in [0.1, 0.15) is 6.04 Å². The molecule has 5 nitrogen and oxygen atoms in total. The van der Waals surface area contributed by atoms with E-state index in [4.69, 9.17) is 10.8 Å². The van der Waals surface area contributed by atoms with Crippen LogP contribution in [0.15, 0.2) is 0 Å². The van der Waals surface area contributed by atoms with Gasteiger partial charge in [0.25, 0.3) is 0 Å². The highest BCUT2D eigenvalue weighted by Gasteiger charge is 2.39. The Bertz CT molecular complexity index is 272. The molecular formula is C10H18N2O3. The zero-order valence-corrected chi connectivity index (χ0v) is 9.12. The van der Waals surface area contributed by atoms with Crippen LogP contribution in [-0.2, 0) is 9.59 Å². The lowest BCUT2D eigenvalue weighted by atomic mass is 9.92. The molecule has 0 aromatic rings. The van der Waals surface area contributed by atoms with Crippen molar-refractivity contribution < 1.29 is 14.7 Å². The van der Waals surface area contributed by atoms with Gasteiger partial charge in [0.05, 0.1) is 5.41 Å². The average molecular weight is 214 g/mol. The standard InChI is InChI=1S/C10H18N2O3/c1-10(2,5-11)9(15)12-7(8(13)14)6-3-4-6/h6-7H,3-5,11H2,1-2H3,(H,12,15)(H,13,14). The monoisotopic (exact) mass is 214 g/mol. The van der Waals surface area contributed by atoms with Crippen LogP contribution in [0.5, 0.6) is 0 Å². The molecule has 1 fully saturated rings. The minimum atomic E-state index is -0.960. The van der Waals surface area contributed by atoms with Crippen LogP contribution in [0.2, 0.25) is 0 Å². The van der Waals surface area contributed by atoms with E-state index in [2.05, 4.69) is 5.32 Å². The summed E-state index contributed by atoms with van der Waals surface area (Å²) in [5.41, 5.74) is 4.74. The molecule has 0 heterocycles. The first-order valence-electron chi connectivity index (χ1n) is 5.12. The zero-order valence-electron chi connectivity index (χ0n) is 9.12. The van der Waals surface area contributed by atoms with Crippen LogP contribution in [-0.4, -0.2) is 29.6 Å². The summed E-state index contributed by atoms with van der Waals surface area (Å²) in [6.07, 6.45) is 1.75. The fourth-order valence-electron chi connectivity index (χ4n) is 1.24. The third kappa shape index (κ3) is 2.92. The second-order valence-electron chi connectivity index (χ2n) is 4.71. The summed E-state index contributed by atoms with van der Waals surface area (Å²) in [7, 11) is 0. The predicted molar refractivity (Wildman–Crippen MR) is 55.1 cm³/mol. The Morgan fingerprint density at radius 1 is 1.53 bits per heavy atom. The fraction of sp³-hybridized carbons (Fsp3) is 0.800. The summed E-state index contributed by atoms with van der Waals surface area (Å²) in [5.74, 6) is -1.15. The molecule has 0 aromatic heterocycles. The molecule has 1 rings (SSSR count). The molecule has 1 aliphatic carbocycles. The summed E-state index contributed by atoms with van der Waals surface area (Å²) in [6.45, 7) is 3.61. The number of hydrogen-bond acceptors (Lipinski definition) is 3. The van der Waals surface area contributed by atoms with Gasteiger partial charge >= 0.3 is 5.97 Å². The lowest BCUT2D eigenvalue weighted by Gasteiger charge is -2.24. The molecule has 1 atom stereocenters. The highest BCUT2D eigenvalue weighted by Crippen LogP contribution is 2.33. The van der Waals surface area contributed by atoms with Gasteiger partial charge in [-0.15, -0.1) is 0 Å². The van der Waals surface area contributed by atoms with Crippen LogP contribution in [0.4, 0.5) is 0 Å². The molecule has 5 heteroatoms. The molecule has 1 saturated carbocycles. The van der Waals surface area contributed by atoms with Gasteiger partial charge in [-0.2, -0.15) is 0 Å². The number of rotatable bonds is 5. The molecule has 15 heavy (non-hydrogen) atoms. The number of hydrogen-bond donors (Lipinski definition) is 3. The van der Waals surface area contributed by atoms with Crippen LogP contribution >= 0.6 is 0 Å². The van der Waals surface area contributed by atoms with Gasteiger partial charge in [-0.1, -0.05) is 0 Å². The molecule has 0 saturated heterocycles. The van der Waals surface area contributed by atoms with Crippen LogP contribution in [0.25, 0.3) is 0 Å². The van der Waals surface area contributed by atoms with E-state index in [1.807, 2.05) is 0 Å². The van der Waals surface area contributed by atoms with Crippen molar-refractivity contribution in [3.8, 4) is 0 Å². The maximum absolute atomic E-state index is 11.7. The molecule has 0 radical (unpaired) electrons. The number of carboxylic acids is 1. The average Bonchev–Trinajstić information content (AvgIpc) is 2.96. The van der Waals surface area contributed by atoms with Crippen LogP contribution < -0.4 is 11.1 Å². The van der Waals surface area contributed by atoms with Crippen molar-refractivity contribution in [2.24, 2.45) is 17.1 Å². The second kappa shape index (κ2) is 4.18. The van der Waals surface area contributed by atoms with E-state index in [9.17, 15) is 9.59 Å². The molecular weight excluding hydrogens is 196 g/mol. The van der Waals surface area contributed by atoms with Crippen molar-refractivity contribution in [1.29, 1.82) is 0 Å². The van der Waals surface area contributed by atoms with E-state index in [0.29, 0.717) is 0 Å². The zero-order chi connectivity index (χ0) is 11.6. The molecule has 86 valence electrons. The maximum atomic E-state index is 11.7. The Labute approximate surface area is 89.0 Å². The third-order valence-corrected chi connectivity index (χ3v) is 2.77. The third-order valence-electron chi connectivity index (χ3n) is 2.77. The molecule has 0 aromatic carbocycles. The second-order valence-corrected chi connectivity index (χ2v) is 4.71. The topological polar surface area (TPSA) is 92.4 Å². The normalized spacial score (nSPS) is 18.3. The Balaban J connectivity index is 2.58. The highest BCUT2D eigenvalue weighted by molar-refractivity contribution is 5.87. The minimum Gasteiger partial charge on any atom is -0.480 e. The van der Waals surface area contributed by atoms with Gasteiger partial charge in [0.2, 0.25) is 5.91 Å². The van der Waals surface area contributed by atoms with Crippen molar-refractivity contribution in [3.63, 3.8) is 0 Å².